The molecule has 174 valence electrons. The second-order valence-corrected chi connectivity index (χ2v) is 11.3. The molecule has 0 saturated heterocycles. The third-order valence-electron chi connectivity index (χ3n) is 4.99. The number of nitrogens with zero attached hydrogens (tertiary/aromatic N) is 5. The fraction of sp³-hybridized carbons (Fsp3) is 0.208. The van der Waals surface area contributed by atoms with E-state index < -0.39 is 9.52 Å². The van der Waals surface area contributed by atoms with Gasteiger partial charge in [-0.25, -0.2) is 9.97 Å². The summed E-state index contributed by atoms with van der Waals surface area (Å²) in [6.07, 6.45) is 6.80. The average Bonchev–Trinajstić information content (AvgIpc) is 3.20. The molecular weight excluding hydrogens is 493 g/mol. The van der Waals surface area contributed by atoms with E-state index in [9.17, 15) is 9.47 Å². The van der Waals surface area contributed by atoms with E-state index >= 15 is 0 Å². The van der Waals surface area contributed by atoms with Gasteiger partial charge in [0, 0.05) is 29.6 Å². The maximum atomic E-state index is 11.9. The summed E-state index contributed by atoms with van der Waals surface area (Å²) >= 11 is 12.1. The van der Waals surface area contributed by atoms with Crippen molar-refractivity contribution in [2.24, 2.45) is 0 Å². The van der Waals surface area contributed by atoms with Gasteiger partial charge in [-0.3, -0.25) is 8.89 Å². The zero-order valence-electron chi connectivity index (χ0n) is 18.4. The maximum absolute atomic E-state index is 11.9. The largest absolute Gasteiger partial charge is 0.489 e. The van der Waals surface area contributed by atoms with E-state index in [1.807, 2.05) is 22.9 Å². The summed E-state index contributed by atoms with van der Waals surface area (Å²) in [5, 5.41) is 15.4. The van der Waals surface area contributed by atoms with Gasteiger partial charge in [0.1, 0.15) is 18.5 Å². The lowest BCUT2D eigenvalue weighted by atomic mass is 10.0. The first-order valence-corrected chi connectivity index (χ1v) is 13.5. The van der Waals surface area contributed by atoms with E-state index in [-0.39, 0.29) is 12.4 Å². The fourth-order valence-corrected chi connectivity index (χ4v) is 4.54. The lowest BCUT2D eigenvalue weighted by Gasteiger charge is -2.11. The fourth-order valence-electron chi connectivity index (χ4n) is 3.49. The molecule has 1 atom stereocenters. The van der Waals surface area contributed by atoms with Gasteiger partial charge in [-0.1, -0.05) is 23.7 Å². The second kappa shape index (κ2) is 10.0. The van der Waals surface area contributed by atoms with Crippen LogP contribution in [0.2, 0.25) is 5.02 Å². The zero-order chi connectivity index (χ0) is 24.3. The number of nitriles is 1. The highest BCUT2D eigenvalue weighted by molar-refractivity contribution is 7.98. The molecule has 0 radical (unpaired) electrons. The molecule has 0 amide bonds. The quantitative estimate of drug-likeness (QED) is 0.253. The van der Waals surface area contributed by atoms with Crippen LogP contribution in [-0.4, -0.2) is 48.6 Å². The minimum absolute atomic E-state index is 0.240. The molecule has 0 saturated carbocycles. The summed E-state index contributed by atoms with van der Waals surface area (Å²) in [6.45, 7) is 0.729. The van der Waals surface area contributed by atoms with Crippen LogP contribution in [0.25, 0.3) is 22.0 Å². The van der Waals surface area contributed by atoms with Crippen LogP contribution >= 0.6 is 23.2 Å². The molecule has 0 aliphatic rings. The number of ether oxygens (including phenoxy) is 1. The number of hydrogen-bond donors (Lipinski definition) is 0. The highest BCUT2D eigenvalue weighted by Crippen LogP contribution is 2.35. The van der Waals surface area contributed by atoms with Crippen molar-refractivity contribution in [2.75, 3.05) is 18.7 Å². The SMILES string of the molecule is C=S(C)(=O)Cc1ncc(Cn2ncc3ccc(-c4cc(Cl)c(OCCCl)c(C#N)c4)cc32)cn1. The first-order chi connectivity index (χ1) is 16.3. The lowest BCUT2D eigenvalue weighted by molar-refractivity contribution is 0.342. The number of rotatable bonds is 8. The van der Waals surface area contributed by atoms with Crippen molar-refractivity contribution >= 4 is 49.5 Å². The van der Waals surface area contributed by atoms with Crippen LogP contribution in [0.1, 0.15) is 17.0 Å². The summed E-state index contributed by atoms with van der Waals surface area (Å²) in [6, 6.07) is 11.6. The highest BCUT2D eigenvalue weighted by Gasteiger charge is 2.14. The Balaban J connectivity index is 1.64. The Hall–Kier alpha value is -3.12. The molecule has 2 aromatic heterocycles. The summed E-state index contributed by atoms with van der Waals surface area (Å²) in [5.74, 6) is 5.02. The van der Waals surface area contributed by atoms with Crippen molar-refractivity contribution < 1.29 is 8.95 Å². The molecule has 7 nitrogen and oxygen atoms in total. The van der Waals surface area contributed by atoms with Crippen molar-refractivity contribution in [3.8, 4) is 22.9 Å². The van der Waals surface area contributed by atoms with Crippen molar-refractivity contribution in [3.05, 3.63) is 70.9 Å². The standard InChI is InChI=1S/C24H21Cl2N5O2S/c1-34(2,32)15-23-28-11-16(12-29-23)14-31-22-9-17(3-4-18(22)13-30-31)19-7-20(10-27)24(21(26)8-19)33-6-5-25/h3-4,7-9,11-13H,1,5-6,14-15H2,2H3. The predicted molar refractivity (Wildman–Crippen MR) is 137 cm³/mol. The molecule has 0 aliphatic heterocycles. The molecule has 10 heteroatoms. The van der Waals surface area contributed by atoms with Gasteiger partial charge >= 0.3 is 0 Å². The monoisotopic (exact) mass is 513 g/mol. The van der Waals surface area contributed by atoms with Gasteiger partial charge < -0.3 is 4.74 Å². The third kappa shape index (κ3) is 5.50. The van der Waals surface area contributed by atoms with Gasteiger partial charge in [-0.2, -0.15) is 10.4 Å². The van der Waals surface area contributed by atoms with Crippen LogP contribution in [0.15, 0.2) is 48.9 Å². The summed E-state index contributed by atoms with van der Waals surface area (Å²) in [4.78, 5) is 8.62. The van der Waals surface area contributed by atoms with E-state index in [4.69, 9.17) is 27.9 Å². The predicted octanol–water partition coefficient (Wildman–Crippen LogP) is 4.53. The van der Waals surface area contributed by atoms with E-state index in [0.29, 0.717) is 34.6 Å². The van der Waals surface area contributed by atoms with Crippen LogP contribution < -0.4 is 4.74 Å². The van der Waals surface area contributed by atoms with E-state index in [2.05, 4.69) is 27.0 Å². The molecular formula is C24H21Cl2N5O2S. The Morgan fingerprint density at radius 3 is 2.62 bits per heavy atom. The maximum Gasteiger partial charge on any atom is 0.155 e. The van der Waals surface area contributed by atoms with Gasteiger partial charge in [0.25, 0.3) is 0 Å². The number of alkyl halides is 1. The number of hydrogen-bond acceptors (Lipinski definition) is 6. The minimum atomic E-state index is -2.20. The van der Waals surface area contributed by atoms with Crippen molar-refractivity contribution in [2.45, 2.75) is 12.3 Å². The van der Waals surface area contributed by atoms with Crippen LogP contribution in [0.4, 0.5) is 0 Å². The molecule has 0 spiro atoms. The number of fused-ring (bicyclic) bond motifs is 1. The molecule has 34 heavy (non-hydrogen) atoms. The highest BCUT2D eigenvalue weighted by atomic mass is 35.5. The molecule has 4 aromatic rings. The molecule has 0 N–H and O–H groups in total. The third-order valence-corrected chi connectivity index (χ3v) is 6.30. The average molecular weight is 514 g/mol. The molecule has 0 fully saturated rings. The normalized spacial score (nSPS) is 12.9. The van der Waals surface area contributed by atoms with Crippen LogP contribution in [0.5, 0.6) is 5.75 Å². The van der Waals surface area contributed by atoms with E-state index in [0.717, 1.165) is 27.6 Å². The number of benzene rings is 2. The van der Waals surface area contributed by atoms with Crippen LogP contribution in [-0.2, 0) is 21.8 Å². The Morgan fingerprint density at radius 1 is 1.18 bits per heavy atom. The van der Waals surface area contributed by atoms with Gasteiger partial charge in [-0.15, -0.1) is 11.6 Å². The van der Waals surface area contributed by atoms with Crippen molar-refractivity contribution in [1.82, 2.24) is 19.7 Å². The summed E-state index contributed by atoms with van der Waals surface area (Å²) in [7, 11) is -2.20. The molecule has 1 unspecified atom stereocenters. The van der Waals surface area contributed by atoms with Gasteiger partial charge in [0.2, 0.25) is 0 Å². The first kappa shape index (κ1) is 24.0. The van der Waals surface area contributed by atoms with E-state index in [1.165, 1.54) is 0 Å². The van der Waals surface area contributed by atoms with Crippen LogP contribution in [0.3, 0.4) is 0 Å². The Bertz CT molecular complexity index is 1490. The number of halogens is 2. The Kier molecular flexibility index (Phi) is 7.08. The van der Waals surface area contributed by atoms with Gasteiger partial charge in [0.15, 0.2) is 5.75 Å². The second-order valence-electron chi connectivity index (χ2n) is 7.90. The van der Waals surface area contributed by atoms with E-state index in [1.54, 1.807) is 37.0 Å². The Labute approximate surface area is 207 Å². The molecule has 0 bridgehead atoms. The smallest absolute Gasteiger partial charge is 0.155 e. The van der Waals surface area contributed by atoms with Crippen molar-refractivity contribution in [3.63, 3.8) is 0 Å². The van der Waals surface area contributed by atoms with Gasteiger partial charge in [-0.05, 0) is 44.7 Å². The lowest BCUT2D eigenvalue weighted by Crippen LogP contribution is -2.07. The zero-order valence-corrected chi connectivity index (χ0v) is 20.7. The first-order valence-electron chi connectivity index (χ1n) is 10.3. The molecule has 0 aliphatic carbocycles. The van der Waals surface area contributed by atoms with Crippen molar-refractivity contribution in [1.29, 1.82) is 5.26 Å². The van der Waals surface area contributed by atoms with Gasteiger partial charge in [0.05, 0.1) is 40.5 Å². The number of aromatic nitrogens is 4. The Morgan fingerprint density at radius 2 is 1.94 bits per heavy atom. The topological polar surface area (TPSA) is 93.7 Å². The van der Waals surface area contributed by atoms with Crippen LogP contribution in [0, 0.1) is 11.3 Å². The molecule has 4 rings (SSSR count). The summed E-state index contributed by atoms with van der Waals surface area (Å²) < 4.78 is 19.3. The minimum Gasteiger partial charge on any atom is -0.489 e. The molecule has 2 heterocycles. The molecule has 2 aromatic carbocycles. The summed E-state index contributed by atoms with van der Waals surface area (Å²) in [5.41, 5.74) is 3.79.